The van der Waals surface area contributed by atoms with Crippen LogP contribution in [0.25, 0.3) is 0 Å². The average Bonchev–Trinajstić information content (AvgIpc) is 2.28. The lowest BCUT2D eigenvalue weighted by Gasteiger charge is -2.19. The summed E-state index contributed by atoms with van der Waals surface area (Å²) in [5.74, 6) is 0.144. The molecule has 6 heteroatoms. The summed E-state index contributed by atoms with van der Waals surface area (Å²) in [5, 5.41) is 0. The molecule has 0 N–H and O–H groups in total. The standard InChI is InChI=1S/C10H14BrN3O2/c1-7(9(15)16-3)6-14(2)10-12-4-8(11)5-13-10/h4-5,7H,6H2,1-3H3/t7-/m0/s1. The zero-order valence-electron chi connectivity index (χ0n) is 9.48. The van der Waals surface area contributed by atoms with Gasteiger partial charge in [-0.1, -0.05) is 6.92 Å². The fourth-order valence-corrected chi connectivity index (χ4v) is 1.48. The van der Waals surface area contributed by atoms with E-state index in [0.717, 1.165) is 4.47 Å². The van der Waals surface area contributed by atoms with Crippen molar-refractivity contribution in [2.75, 3.05) is 25.6 Å². The molecule has 0 aromatic carbocycles. The number of halogens is 1. The van der Waals surface area contributed by atoms with Crippen LogP contribution in [0.2, 0.25) is 0 Å². The molecule has 5 nitrogen and oxygen atoms in total. The number of carbonyl (C=O) groups is 1. The molecule has 0 aliphatic rings. The molecule has 0 aliphatic carbocycles. The lowest BCUT2D eigenvalue weighted by Crippen LogP contribution is -2.30. The maximum atomic E-state index is 11.2. The molecule has 0 unspecified atom stereocenters. The summed E-state index contributed by atoms with van der Waals surface area (Å²) in [6, 6.07) is 0. The molecule has 88 valence electrons. The minimum absolute atomic E-state index is 0.206. The monoisotopic (exact) mass is 287 g/mol. The van der Waals surface area contributed by atoms with E-state index in [0.29, 0.717) is 12.5 Å². The number of ether oxygens (including phenoxy) is 1. The highest BCUT2D eigenvalue weighted by Gasteiger charge is 2.16. The minimum atomic E-state index is -0.232. The van der Waals surface area contributed by atoms with Crippen LogP contribution in [0.4, 0.5) is 5.95 Å². The largest absolute Gasteiger partial charge is 0.469 e. The first-order valence-electron chi connectivity index (χ1n) is 4.81. The van der Waals surface area contributed by atoms with Crippen LogP contribution in [0.3, 0.4) is 0 Å². The quantitative estimate of drug-likeness (QED) is 0.786. The number of nitrogens with zero attached hydrogens (tertiary/aromatic N) is 3. The summed E-state index contributed by atoms with van der Waals surface area (Å²) in [6.07, 6.45) is 3.34. The van der Waals surface area contributed by atoms with Crippen molar-refractivity contribution in [3.05, 3.63) is 16.9 Å². The number of hydrogen-bond donors (Lipinski definition) is 0. The molecule has 1 rings (SSSR count). The van der Waals surface area contributed by atoms with Crippen LogP contribution in [0.15, 0.2) is 16.9 Å². The van der Waals surface area contributed by atoms with Gasteiger partial charge in [0.2, 0.25) is 5.95 Å². The first-order chi connectivity index (χ1) is 7.54. The molecule has 0 radical (unpaired) electrons. The number of methoxy groups -OCH3 is 1. The van der Waals surface area contributed by atoms with Crippen LogP contribution in [0, 0.1) is 5.92 Å². The Morgan fingerprint density at radius 1 is 1.56 bits per heavy atom. The fourth-order valence-electron chi connectivity index (χ4n) is 1.27. The molecule has 16 heavy (non-hydrogen) atoms. The van der Waals surface area contributed by atoms with Crippen molar-refractivity contribution in [2.45, 2.75) is 6.92 Å². The third-order valence-corrected chi connectivity index (χ3v) is 2.51. The maximum absolute atomic E-state index is 11.2. The molecule has 0 saturated heterocycles. The van der Waals surface area contributed by atoms with E-state index in [1.54, 1.807) is 19.3 Å². The summed E-state index contributed by atoms with van der Waals surface area (Å²) in [7, 11) is 3.22. The van der Waals surface area contributed by atoms with Gasteiger partial charge in [0.25, 0.3) is 0 Å². The van der Waals surface area contributed by atoms with Gasteiger partial charge in [0.1, 0.15) is 0 Å². The Bertz CT molecular complexity index is 356. The van der Waals surface area contributed by atoms with Crippen LogP contribution in [-0.4, -0.2) is 36.6 Å². The molecule has 1 heterocycles. The van der Waals surface area contributed by atoms with Gasteiger partial charge in [0, 0.05) is 26.0 Å². The van der Waals surface area contributed by atoms with Crippen LogP contribution in [0.5, 0.6) is 0 Å². The summed E-state index contributed by atoms with van der Waals surface area (Å²) >= 11 is 3.26. The zero-order valence-corrected chi connectivity index (χ0v) is 11.1. The maximum Gasteiger partial charge on any atom is 0.310 e. The lowest BCUT2D eigenvalue weighted by atomic mass is 10.2. The molecule has 0 bridgehead atoms. The van der Waals surface area contributed by atoms with E-state index < -0.39 is 0 Å². The van der Waals surface area contributed by atoms with Crippen LogP contribution < -0.4 is 4.90 Å². The second kappa shape index (κ2) is 5.79. The number of carbonyl (C=O) groups excluding carboxylic acids is 1. The van der Waals surface area contributed by atoms with Crippen LogP contribution in [-0.2, 0) is 9.53 Å². The molecule has 1 aromatic rings. The second-order valence-corrected chi connectivity index (χ2v) is 4.42. The van der Waals surface area contributed by atoms with E-state index in [1.165, 1.54) is 7.11 Å². The average molecular weight is 288 g/mol. The van der Waals surface area contributed by atoms with Crippen molar-refractivity contribution >= 4 is 27.8 Å². The highest BCUT2D eigenvalue weighted by Crippen LogP contribution is 2.11. The highest BCUT2D eigenvalue weighted by atomic mass is 79.9. The molecule has 1 atom stereocenters. The second-order valence-electron chi connectivity index (χ2n) is 3.51. The first kappa shape index (κ1) is 12.9. The van der Waals surface area contributed by atoms with Crippen molar-refractivity contribution in [1.29, 1.82) is 0 Å². The third-order valence-electron chi connectivity index (χ3n) is 2.10. The predicted molar refractivity (Wildman–Crippen MR) is 64.2 cm³/mol. The van der Waals surface area contributed by atoms with Crippen molar-refractivity contribution < 1.29 is 9.53 Å². The zero-order chi connectivity index (χ0) is 12.1. The lowest BCUT2D eigenvalue weighted by molar-refractivity contribution is -0.144. The van der Waals surface area contributed by atoms with Crippen LogP contribution in [0.1, 0.15) is 6.92 Å². The molecule has 1 aromatic heterocycles. The van der Waals surface area contributed by atoms with Gasteiger partial charge in [0.05, 0.1) is 17.5 Å². The molecule has 0 saturated carbocycles. The van der Waals surface area contributed by atoms with Gasteiger partial charge in [0.15, 0.2) is 0 Å². The molecule has 0 aliphatic heterocycles. The van der Waals surface area contributed by atoms with E-state index in [-0.39, 0.29) is 11.9 Å². The predicted octanol–water partition coefficient (Wildman–Crippen LogP) is 1.48. The number of aromatic nitrogens is 2. The Labute approximate surface area is 103 Å². The summed E-state index contributed by atoms with van der Waals surface area (Å²) in [5.41, 5.74) is 0. The van der Waals surface area contributed by atoms with Gasteiger partial charge in [-0.05, 0) is 15.9 Å². The van der Waals surface area contributed by atoms with Crippen molar-refractivity contribution in [3.63, 3.8) is 0 Å². The van der Waals surface area contributed by atoms with Gasteiger partial charge in [-0.15, -0.1) is 0 Å². The smallest absolute Gasteiger partial charge is 0.310 e. The summed E-state index contributed by atoms with van der Waals surface area (Å²) in [4.78, 5) is 21.3. The number of rotatable bonds is 4. The van der Waals surface area contributed by atoms with Crippen molar-refractivity contribution in [2.24, 2.45) is 5.92 Å². The van der Waals surface area contributed by atoms with Gasteiger partial charge >= 0.3 is 5.97 Å². The van der Waals surface area contributed by atoms with Gasteiger partial charge in [-0.3, -0.25) is 4.79 Å². The number of esters is 1. The van der Waals surface area contributed by atoms with Crippen molar-refractivity contribution in [3.8, 4) is 0 Å². The Balaban J connectivity index is 2.61. The van der Waals surface area contributed by atoms with E-state index in [1.807, 2.05) is 11.9 Å². The SMILES string of the molecule is COC(=O)[C@@H](C)CN(C)c1ncc(Br)cn1. The number of hydrogen-bond acceptors (Lipinski definition) is 5. The summed E-state index contributed by atoms with van der Waals surface area (Å²) < 4.78 is 5.48. The van der Waals surface area contributed by atoms with Gasteiger partial charge in [-0.25, -0.2) is 9.97 Å². The molecule has 0 fully saturated rings. The third kappa shape index (κ3) is 3.44. The van der Waals surface area contributed by atoms with Crippen molar-refractivity contribution in [1.82, 2.24) is 9.97 Å². The Morgan fingerprint density at radius 3 is 2.62 bits per heavy atom. The molecule has 0 amide bonds. The van der Waals surface area contributed by atoms with Gasteiger partial charge in [-0.2, -0.15) is 0 Å². The normalized spacial score (nSPS) is 12.0. The van der Waals surface area contributed by atoms with E-state index in [9.17, 15) is 4.79 Å². The Hall–Kier alpha value is -1.17. The van der Waals surface area contributed by atoms with E-state index >= 15 is 0 Å². The van der Waals surface area contributed by atoms with E-state index in [4.69, 9.17) is 0 Å². The van der Waals surface area contributed by atoms with Crippen LogP contribution >= 0.6 is 15.9 Å². The summed E-state index contributed by atoms with van der Waals surface area (Å²) in [6.45, 7) is 2.33. The topological polar surface area (TPSA) is 55.3 Å². The molecular formula is C10H14BrN3O2. The first-order valence-corrected chi connectivity index (χ1v) is 5.60. The number of anilines is 1. The minimum Gasteiger partial charge on any atom is -0.469 e. The van der Waals surface area contributed by atoms with Gasteiger partial charge < -0.3 is 9.64 Å². The fraction of sp³-hybridized carbons (Fsp3) is 0.500. The Morgan fingerprint density at radius 2 is 2.12 bits per heavy atom. The molecule has 0 spiro atoms. The highest BCUT2D eigenvalue weighted by molar-refractivity contribution is 9.10. The van der Waals surface area contributed by atoms with E-state index in [2.05, 4.69) is 30.6 Å². The Kier molecular flexibility index (Phi) is 4.67. The molecular weight excluding hydrogens is 274 g/mol.